The lowest BCUT2D eigenvalue weighted by molar-refractivity contribution is 0.0758. The van der Waals surface area contributed by atoms with Crippen molar-refractivity contribution in [1.82, 2.24) is 20.3 Å². The highest BCUT2D eigenvalue weighted by atomic mass is 35.5. The van der Waals surface area contributed by atoms with Crippen molar-refractivity contribution in [2.45, 2.75) is 6.04 Å². The predicted molar refractivity (Wildman–Crippen MR) is 98.2 cm³/mol. The second-order valence-electron chi connectivity index (χ2n) is 5.93. The molecule has 0 bridgehead atoms. The number of rotatable bonds is 3. The first-order chi connectivity index (χ1) is 12.2. The van der Waals surface area contributed by atoms with E-state index in [4.69, 9.17) is 22.1 Å². The van der Waals surface area contributed by atoms with Gasteiger partial charge in [-0.25, -0.2) is 9.97 Å². The Labute approximate surface area is 150 Å². The molecule has 3 aromatic rings. The lowest BCUT2D eigenvalue weighted by atomic mass is 10.0. The Balaban J connectivity index is 1.75. The number of morpholine rings is 1. The van der Waals surface area contributed by atoms with E-state index >= 15 is 0 Å². The van der Waals surface area contributed by atoms with Gasteiger partial charge in [-0.15, -0.1) is 0 Å². The van der Waals surface area contributed by atoms with E-state index in [1.807, 2.05) is 30.5 Å². The van der Waals surface area contributed by atoms with Gasteiger partial charge in [-0.2, -0.15) is 0 Å². The van der Waals surface area contributed by atoms with Crippen LogP contribution >= 0.6 is 11.6 Å². The Bertz CT molecular complexity index is 889. The van der Waals surface area contributed by atoms with Crippen LogP contribution in [0.1, 0.15) is 11.7 Å². The highest BCUT2D eigenvalue weighted by Crippen LogP contribution is 2.33. The van der Waals surface area contributed by atoms with Crippen molar-refractivity contribution >= 4 is 17.5 Å². The maximum atomic E-state index is 6.14. The van der Waals surface area contributed by atoms with E-state index in [1.54, 1.807) is 6.20 Å². The van der Waals surface area contributed by atoms with Gasteiger partial charge in [0, 0.05) is 40.8 Å². The van der Waals surface area contributed by atoms with Gasteiger partial charge in [0.05, 0.1) is 24.9 Å². The molecule has 1 unspecified atom stereocenters. The molecule has 3 heterocycles. The van der Waals surface area contributed by atoms with Crippen molar-refractivity contribution in [2.75, 3.05) is 25.5 Å². The second-order valence-corrected chi connectivity index (χ2v) is 6.36. The van der Waals surface area contributed by atoms with Gasteiger partial charge in [-0.05, 0) is 23.8 Å². The lowest BCUT2D eigenvalue weighted by Crippen LogP contribution is -2.34. The summed E-state index contributed by atoms with van der Waals surface area (Å²) in [5, 5.41) is 4.10. The maximum Gasteiger partial charge on any atom is 0.220 e. The maximum absolute atomic E-state index is 6.14. The molecule has 4 rings (SSSR count). The van der Waals surface area contributed by atoms with Gasteiger partial charge in [-0.1, -0.05) is 23.7 Å². The van der Waals surface area contributed by atoms with Crippen molar-refractivity contribution in [2.24, 2.45) is 0 Å². The van der Waals surface area contributed by atoms with Gasteiger partial charge in [0.2, 0.25) is 5.95 Å². The topological polar surface area (TPSA) is 88.8 Å². The third-order valence-electron chi connectivity index (χ3n) is 4.22. The van der Waals surface area contributed by atoms with Crippen LogP contribution < -0.4 is 11.1 Å². The molecular formula is C18H18ClN5O. The van der Waals surface area contributed by atoms with E-state index in [-0.39, 0.29) is 12.0 Å². The Morgan fingerprint density at radius 2 is 2.16 bits per heavy atom. The highest BCUT2D eigenvalue weighted by molar-refractivity contribution is 6.30. The third kappa shape index (κ3) is 3.37. The minimum absolute atomic E-state index is 0.149. The predicted octanol–water partition coefficient (Wildman–Crippen LogP) is 3.04. The SMILES string of the molecule is Nc1ncc(-c2cccc(Cl)c2)c(-c2c[nH]c(C3COCCN3)c2)n1. The standard InChI is InChI=1S/C18H18ClN5O/c19-13-3-1-2-11(6-13)14-9-23-18(20)24-17(14)12-7-15(22-8-12)16-10-25-5-4-21-16/h1-3,6-9,16,21-22H,4-5,10H2,(H2,20,23,24). The average molecular weight is 356 g/mol. The number of aromatic amines is 1. The molecular weight excluding hydrogens is 338 g/mol. The van der Waals surface area contributed by atoms with Crippen molar-refractivity contribution in [3.8, 4) is 22.4 Å². The molecule has 1 fully saturated rings. The van der Waals surface area contributed by atoms with Gasteiger partial charge < -0.3 is 20.8 Å². The Morgan fingerprint density at radius 1 is 1.24 bits per heavy atom. The van der Waals surface area contributed by atoms with Crippen LogP contribution in [0.15, 0.2) is 42.7 Å². The van der Waals surface area contributed by atoms with Crippen LogP contribution in [0.3, 0.4) is 0 Å². The van der Waals surface area contributed by atoms with Crippen LogP contribution in [-0.2, 0) is 4.74 Å². The molecule has 128 valence electrons. The molecule has 0 radical (unpaired) electrons. The normalized spacial score (nSPS) is 17.6. The van der Waals surface area contributed by atoms with Gasteiger partial charge in [0.1, 0.15) is 0 Å². The number of H-pyrrole nitrogens is 1. The summed E-state index contributed by atoms with van der Waals surface area (Å²) in [6.07, 6.45) is 3.67. The quantitative estimate of drug-likeness (QED) is 0.672. The van der Waals surface area contributed by atoms with Crippen LogP contribution in [0, 0.1) is 0 Å². The molecule has 2 aromatic heterocycles. The number of aromatic nitrogens is 3. The largest absolute Gasteiger partial charge is 0.378 e. The summed E-state index contributed by atoms with van der Waals surface area (Å²) >= 11 is 6.14. The molecule has 1 saturated heterocycles. The Kier molecular flexibility index (Phi) is 4.40. The first-order valence-corrected chi connectivity index (χ1v) is 8.47. The number of anilines is 1. The first kappa shape index (κ1) is 16.1. The molecule has 0 aliphatic carbocycles. The zero-order chi connectivity index (χ0) is 17.2. The zero-order valence-electron chi connectivity index (χ0n) is 13.5. The highest BCUT2D eigenvalue weighted by Gasteiger charge is 2.19. The van der Waals surface area contributed by atoms with Gasteiger partial charge >= 0.3 is 0 Å². The number of hydrogen-bond acceptors (Lipinski definition) is 5. The summed E-state index contributed by atoms with van der Waals surface area (Å²) in [6.45, 7) is 2.23. The minimum Gasteiger partial charge on any atom is -0.378 e. The summed E-state index contributed by atoms with van der Waals surface area (Å²) in [5.74, 6) is 0.239. The molecule has 1 atom stereocenters. The fourth-order valence-electron chi connectivity index (χ4n) is 3.00. The van der Waals surface area contributed by atoms with Crippen LogP contribution in [0.4, 0.5) is 5.95 Å². The molecule has 0 saturated carbocycles. The van der Waals surface area contributed by atoms with Crippen molar-refractivity contribution in [3.63, 3.8) is 0 Å². The van der Waals surface area contributed by atoms with Crippen LogP contribution in [-0.4, -0.2) is 34.7 Å². The Hall–Kier alpha value is -2.41. The number of ether oxygens (including phenoxy) is 1. The monoisotopic (exact) mass is 355 g/mol. The first-order valence-electron chi connectivity index (χ1n) is 8.09. The molecule has 1 aromatic carbocycles. The van der Waals surface area contributed by atoms with Gasteiger partial charge in [0.15, 0.2) is 0 Å². The summed E-state index contributed by atoms with van der Waals surface area (Å²) in [6, 6.07) is 9.84. The van der Waals surface area contributed by atoms with E-state index in [1.165, 1.54) is 0 Å². The van der Waals surface area contributed by atoms with E-state index < -0.39 is 0 Å². The smallest absolute Gasteiger partial charge is 0.220 e. The number of nitrogens with one attached hydrogen (secondary N) is 2. The van der Waals surface area contributed by atoms with E-state index in [0.717, 1.165) is 41.2 Å². The van der Waals surface area contributed by atoms with E-state index in [0.29, 0.717) is 11.6 Å². The summed E-state index contributed by atoms with van der Waals surface area (Å²) in [7, 11) is 0. The minimum atomic E-state index is 0.149. The Morgan fingerprint density at radius 3 is 2.96 bits per heavy atom. The molecule has 6 nitrogen and oxygen atoms in total. The fraction of sp³-hybridized carbons (Fsp3) is 0.222. The van der Waals surface area contributed by atoms with E-state index in [2.05, 4.69) is 26.3 Å². The third-order valence-corrected chi connectivity index (χ3v) is 4.45. The van der Waals surface area contributed by atoms with Crippen LogP contribution in [0.2, 0.25) is 5.02 Å². The summed E-state index contributed by atoms with van der Waals surface area (Å²) in [4.78, 5) is 11.9. The van der Waals surface area contributed by atoms with Gasteiger partial charge in [-0.3, -0.25) is 0 Å². The fourth-order valence-corrected chi connectivity index (χ4v) is 3.19. The number of nitrogens with zero attached hydrogens (tertiary/aromatic N) is 2. The number of hydrogen-bond donors (Lipinski definition) is 3. The molecule has 0 amide bonds. The number of halogens is 1. The summed E-state index contributed by atoms with van der Waals surface area (Å²) < 4.78 is 5.53. The molecule has 1 aliphatic heterocycles. The van der Waals surface area contributed by atoms with E-state index in [9.17, 15) is 0 Å². The average Bonchev–Trinajstić information content (AvgIpc) is 3.12. The number of benzene rings is 1. The number of nitrogens with two attached hydrogens (primary N) is 1. The molecule has 0 spiro atoms. The summed E-state index contributed by atoms with van der Waals surface area (Å²) in [5.41, 5.74) is 10.4. The van der Waals surface area contributed by atoms with Gasteiger partial charge in [0.25, 0.3) is 0 Å². The van der Waals surface area contributed by atoms with Crippen molar-refractivity contribution in [3.05, 3.63) is 53.4 Å². The van der Waals surface area contributed by atoms with Crippen molar-refractivity contribution < 1.29 is 4.74 Å². The number of nitrogen functional groups attached to an aromatic ring is 1. The zero-order valence-corrected chi connectivity index (χ0v) is 14.3. The molecule has 1 aliphatic rings. The molecule has 25 heavy (non-hydrogen) atoms. The lowest BCUT2D eigenvalue weighted by Gasteiger charge is -2.22. The van der Waals surface area contributed by atoms with Crippen LogP contribution in [0.5, 0.6) is 0 Å². The van der Waals surface area contributed by atoms with Crippen molar-refractivity contribution in [1.29, 1.82) is 0 Å². The molecule has 4 N–H and O–H groups in total. The molecule has 7 heteroatoms. The second kappa shape index (κ2) is 6.84. The van der Waals surface area contributed by atoms with Crippen LogP contribution in [0.25, 0.3) is 22.4 Å².